The average molecular weight is 275 g/mol. The molecular weight excluding hydrogens is 253 g/mol. The average Bonchev–Trinajstić information content (AvgIpc) is 2.44. The number of benzene rings is 1. The van der Waals surface area contributed by atoms with Crippen molar-refractivity contribution in [3.8, 4) is 11.8 Å². The fourth-order valence-corrected chi connectivity index (χ4v) is 2.76. The summed E-state index contributed by atoms with van der Waals surface area (Å²) in [6, 6.07) is 5.58. The smallest absolute Gasteiger partial charge is 0.128 e. The van der Waals surface area contributed by atoms with Crippen LogP contribution in [0, 0.1) is 23.6 Å². The second-order valence-electron chi connectivity index (χ2n) is 5.60. The van der Waals surface area contributed by atoms with E-state index in [2.05, 4.69) is 30.6 Å². The highest BCUT2D eigenvalue weighted by atomic mass is 19.1. The molecule has 0 amide bonds. The van der Waals surface area contributed by atoms with E-state index in [0.717, 1.165) is 12.1 Å². The number of piperidine rings is 1. The Morgan fingerprint density at radius 3 is 2.90 bits per heavy atom. The topological polar surface area (TPSA) is 23.5 Å². The molecule has 1 saturated heterocycles. The van der Waals surface area contributed by atoms with Crippen molar-refractivity contribution in [3.63, 3.8) is 0 Å². The van der Waals surface area contributed by atoms with Crippen LogP contribution in [0.4, 0.5) is 4.39 Å². The fraction of sp³-hybridized carbons (Fsp3) is 0.529. The number of halogens is 1. The zero-order chi connectivity index (χ0) is 14.5. The summed E-state index contributed by atoms with van der Waals surface area (Å²) in [4.78, 5) is 2.35. The van der Waals surface area contributed by atoms with Gasteiger partial charge in [-0.3, -0.25) is 4.90 Å². The molecule has 2 nitrogen and oxygen atoms in total. The Labute approximate surface area is 120 Å². The van der Waals surface area contributed by atoms with Crippen LogP contribution >= 0.6 is 0 Å². The molecule has 108 valence electrons. The number of aliphatic hydroxyl groups is 1. The third-order valence-electron chi connectivity index (χ3n) is 4.24. The molecule has 2 rings (SSSR count). The van der Waals surface area contributed by atoms with Crippen molar-refractivity contribution in [2.45, 2.75) is 39.3 Å². The van der Waals surface area contributed by atoms with Gasteiger partial charge in [-0.25, -0.2) is 4.39 Å². The van der Waals surface area contributed by atoms with Gasteiger partial charge in [-0.15, -0.1) is 0 Å². The van der Waals surface area contributed by atoms with E-state index >= 15 is 0 Å². The van der Waals surface area contributed by atoms with Crippen molar-refractivity contribution in [2.24, 2.45) is 5.92 Å². The lowest BCUT2D eigenvalue weighted by molar-refractivity contribution is 0.105. The van der Waals surface area contributed by atoms with Crippen LogP contribution in [0.25, 0.3) is 0 Å². The van der Waals surface area contributed by atoms with E-state index in [1.807, 2.05) is 12.1 Å². The van der Waals surface area contributed by atoms with E-state index in [9.17, 15) is 4.39 Å². The van der Waals surface area contributed by atoms with Crippen LogP contribution in [0.1, 0.15) is 37.8 Å². The first kappa shape index (κ1) is 15.0. The zero-order valence-corrected chi connectivity index (χ0v) is 12.2. The van der Waals surface area contributed by atoms with Crippen molar-refractivity contribution in [1.82, 2.24) is 4.90 Å². The van der Waals surface area contributed by atoms with Gasteiger partial charge in [-0.1, -0.05) is 24.8 Å². The minimum atomic E-state index is -0.208. The Hall–Kier alpha value is -1.37. The third kappa shape index (κ3) is 3.59. The number of rotatable bonds is 2. The highest BCUT2D eigenvalue weighted by Crippen LogP contribution is 2.25. The molecule has 1 aliphatic rings. The highest BCUT2D eigenvalue weighted by molar-refractivity contribution is 5.37. The van der Waals surface area contributed by atoms with Gasteiger partial charge in [-0.2, -0.15) is 0 Å². The molecule has 3 heteroatoms. The Morgan fingerprint density at radius 2 is 2.20 bits per heavy atom. The zero-order valence-electron chi connectivity index (χ0n) is 12.2. The predicted molar refractivity (Wildman–Crippen MR) is 78.6 cm³/mol. The van der Waals surface area contributed by atoms with Gasteiger partial charge in [-0.05, 0) is 44.4 Å². The lowest BCUT2D eigenvalue weighted by Crippen LogP contribution is -2.41. The minimum Gasteiger partial charge on any atom is -0.384 e. The van der Waals surface area contributed by atoms with Crippen LogP contribution in [0.15, 0.2) is 18.2 Å². The second-order valence-corrected chi connectivity index (χ2v) is 5.60. The maximum Gasteiger partial charge on any atom is 0.128 e. The van der Waals surface area contributed by atoms with Crippen LogP contribution in [-0.2, 0) is 6.54 Å². The van der Waals surface area contributed by atoms with Gasteiger partial charge in [0.15, 0.2) is 0 Å². The maximum absolute atomic E-state index is 14.1. The first-order chi connectivity index (χ1) is 9.61. The normalized spacial score (nSPS) is 23.2. The quantitative estimate of drug-likeness (QED) is 0.839. The second kappa shape index (κ2) is 6.88. The minimum absolute atomic E-state index is 0.202. The summed E-state index contributed by atoms with van der Waals surface area (Å²) < 4.78 is 14.1. The Balaban J connectivity index is 2.09. The molecule has 0 bridgehead atoms. The SMILES string of the molecule is CC1CCCN(Cc2ccc(C#CCO)cc2F)C1C. The summed E-state index contributed by atoms with van der Waals surface area (Å²) in [5.74, 6) is 5.72. The van der Waals surface area contributed by atoms with Crippen molar-refractivity contribution in [1.29, 1.82) is 0 Å². The fourth-order valence-electron chi connectivity index (χ4n) is 2.76. The van der Waals surface area contributed by atoms with Gasteiger partial charge in [0.2, 0.25) is 0 Å². The van der Waals surface area contributed by atoms with Gasteiger partial charge < -0.3 is 5.11 Å². The summed E-state index contributed by atoms with van der Waals surface area (Å²) >= 11 is 0. The summed E-state index contributed by atoms with van der Waals surface area (Å²) in [5, 5.41) is 8.65. The Morgan fingerprint density at radius 1 is 1.40 bits per heavy atom. The first-order valence-electron chi connectivity index (χ1n) is 7.24. The van der Waals surface area contributed by atoms with Crippen LogP contribution < -0.4 is 0 Å². The first-order valence-corrected chi connectivity index (χ1v) is 7.24. The van der Waals surface area contributed by atoms with Crippen LogP contribution in [0.5, 0.6) is 0 Å². The molecule has 0 aromatic heterocycles. The molecule has 1 N–H and O–H groups in total. The standard InChI is InChI=1S/C17H22FNO/c1-13-5-3-9-19(14(13)2)12-16-8-7-15(6-4-10-20)11-17(16)18/h7-8,11,13-14,20H,3,5,9-10,12H2,1-2H3. The van der Waals surface area contributed by atoms with Gasteiger partial charge >= 0.3 is 0 Å². The highest BCUT2D eigenvalue weighted by Gasteiger charge is 2.25. The van der Waals surface area contributed by atoms with Crippen molar-refractivity contribution in [3.05, 3.63) is 35.1 Å². The molecule has 2 unspecified atom stereocenters. The molecule has 2 atom stereocenters. The lowest BCUT2D eigenvalue weighted by atomic mass is 9.91. The molecule has 1 aliphatic heterocycles. The molecule has 0 radical (unpaired) electrons. The number of hydrogen-bond acceptors (Lipinski definition) is 2. The molecule has 0 aliphatic carbocycles. The molecular formula is C17H22FNO. The summed E-state index contributed by atoms with van der Waals surface area (Å²) in [5.41, 5.74) is 1.33. The van der Waals surface area contributed by atoms with Gasteiger partial charge in [0, 0.05) is 23.7 Å². The molecule has 20 heavy (non-hydrogen) atoms. The van der Waals surface area contributed by atoms with Crippen molar-refractivity contribution in [2.75, 3.05) is 13.2 Å². The molecule has 1 aromatic rings. The van der Waals surface area contributed by atoms with E-state index in [0.29, 0.717) is 24.1 Å². The summed E-state index contributed by atoms with van der Waals surface area (Å²) in [6.45, 7) is 5.98. The number of likely N-dealkylation sites (tertiary alicyclic amines) is 1. The number of hydrogen-bond donors (Lipinski definition) is 1. The van der Waals surface area contributed by atoms with Crippen LogP contribution in [0.2, 0.25) is 0 Å². The van der Waals surface area contributed by atoms with Gasteiger partial charge in [0.1, 0.15) is 12.4 Å². The molecule has 1 heterocycles. The molecule has 0 spiro atoms. The largest absolute Gasteiger partial charge is 0.384 e. The van der Waals surface area contributed by atoms with E-state index in [1.54, 1.807) is 0 Å². The third-order valence-corrected chi connectivity index (χ3v) is 4.24. The van der Waals surface area contributed by atoms with E-state index in [-0.39, 0.29) is 12.4 Å². The number of aliphatic hydroxyl groups excluding tert-OH is 1. The predicted octanol–water partition coefficient (Wildman–Crippen LogP) is 2.79. The van der Waals surface area contributed by atoms with Gasteiger partial charge in [0.25, 0.3) is 0 Å². The van der Waals surface area contributed by atoms with Crippen LogP contribution in [0.3, 0.4) is 0 Å². The Kier molecular flexibility index (Phi) is 5.17. The summed E-state index contributed by atoms with van der Waals surface area (Å²) in [6.07, 6.45) is 2.45. The number of nitrogens with zero attached hydrogens (tertiary/aromatic N) is 1. The maximum atomic E-state index is 14.1. The Bertz CT molecular complexity index is 517. The van der Waals surface area contributed by atoms with Gasteiger partial charge in [0.05, 0.1) is 0 Å². The monoisotopic (exact) mass is 275 g/mol. The molecule has 0 saturated carbocycles. The van der Waals surface area contributed by atoms with Crippen molar-refractivity contribution >= 4 is 0 Å². The summed E-state index contributed by atoms with van der Waals surface area (Å²) in [7, 11) is 0. The van der Waals surface area contributed by atoms with E-state index < -0.39 is 0 Å². The lowest BCUT2D eigenvalue weighted by Gasteiger charge is -2.38. The van der Waals surface area contributed by atoms with E-state index in [1.165, 1.54) is 18.9 Å². The molecule has 1 fully saturated rings. The van der Waals surface area contributed by atoms with Crippen LogP contribution in [-0.4, -0.2) is 29.2 Å². The molecule has 1 aromatic carbocycles. The van der Waals surface area contributed by atoms with E-state index in [4.69, 9.17) is 5.11 Å². The van der Waals surface area contributed by atoms with Crippen molar-refractivity contribution < 1.29 is 9.50 Å².